The van der Waals surface area contributed by atoms with Crippen LogP contribution < -0.4 is 5.32 Å². The lowest BCUT2D eigenvalue weighted by molar-refractivity contribution is -0.141. The molecule has 2 N–H and O–H groups in total. The summed E-state index contributed by atoms with van der Waals surface area (Å²) in [6, 6.07) is 24.7. The highest BCUT2D eigenvalue weighted by molar-refractivity contribution is 5.98. The van der Waals surface area contributed by atoms with Crippen molar-refractivity contribution in [2.45, 2.75) is 51.4 Å². The number of hydrogen-bond acceptors (Lipinski definition) is 3. The lowest BCUT2D eigenvalue weighted by atomic mass is 9.88. The summed E-state index contributed by atoms with van der Waals surface area (Å²) in [6.45, 7) is 0. The number of hydrogen-bond donors (Lipinski definition) is 2. The summed E-state index contributed by atoms with van der Waals surface area (Å²) in [5.74, 6) is -1.60. The van der Waals surface area contributed by atoms with Crippen molar-refractivity contribution in [2.75, 3.05) is 5.32 Å². The molecule has 1 atom stereocenters. The van der Waals surface area contributed by atoms with Crippen molar-refractivity contribution < 1.29 is 19.5 Å². The second kappa shape index (κ2) is 12.3. The van der Waals surface area contributed by atoms with Gasteiger partial charge < -0.3 is 10.4 Å². The zero-order valence-corrected chi connectivity index (χ0v) is 20.5. The molecule has 3 aromatic carbocycles. The van der Waals surface area contributed by atoms with Crippen molar-refractivity contribution in [3.8, 4) is 11.1 Å². The van der Waals surface area contributed by atoms with Gasteiger partial charge in [0.05, 0.1) is 5.92 Å². The van der Waals surface area contributed by atoms with E-state index in [9.17, 15) is 19.5 Å². The third kappa shape index (κ3) is 6.91. The molecule has 0 heterocycles. The number of ketones is 1. The molecule has 5 heteroatoms. The molecule has 0 radical (unpaired) electrons. The van der Waals surface area contributed by atoms with Gasteiger partial charge in [0.25, 0.3) is 0 Å². The smallest absolute Gasteiger partial charge is 0.306 e. The molecule has 1 unspecified atom stereocenters. The Bertz CT molecular complexity index is 1160. The zero-order valence-electron chi connectivity index (χ0n) is 20.5. The molecule has 0 aromatic heterocycles. The Morgan fingerprint density at radius 1 is 0.806 bits per heavy atom. The summed E-state index contributed by atoms with van der Waals surface area (Å²) in [5.41, 5.74) is 4.31. The van der Waals surface area contributed by atoms with E-state index in [1.807, 2.05) is 66.7 Å². The average Bonchev–Trinajstić information content (AvgIpc) is 2.92. The molecular weight excluding hydrogens is 450 g/mol. The van der Waals surface area contributed by atoms with Crippen LogP contribution in [0.2, 0.25) is 0 Å². The molecule has 4 rings (SSSR count). The van der Waals surface area contributed by atoms with Gasteiger partial charge in [-0.2, -0.15) is 0 Å². The minimum absolute atomic E-state index is 0.0170. The van der Waals surface area contributed by atoms with E-state index in [4.69, 9.17) is 0 Å². The van der Waals surface area contributed by atoms with Gasteiger partial charge in [0.15, 0.2) is 5.78 Å². The molecule has 1 aliphatic carbocycles. The van der Waals surface area contributed by atoms with Crippen LogP contribution in [0.1, 0.15) is 60.9 Å². The maximum Gasteiger partial charge on any atom is 0.306 e. The number of benzene rings is 3. The van der Waals surface area contributed by atoms with Crippen molar-refractivity contribution in [1.82, 2.24) is 0 Å². The van der Waals surface area contributed by atoms with Crippen LogP contribution >= 0.6 is 0 Å². The van der Waals surface area contributed by atoms with Crippen molar-refractivity contribution in [1.29, 1.82) is 0 Å². The van der Waals surface area contributed by atoms with Crippen LogP contribution in [0.25, 0.3) is 11.1 Å². The van der Waals surface area contributed by atoms with Crippen LogP contribution in [-0.4, -0.2) is 22.8 Å². The highest BCUT2D eigenvalue weighted by Gasteiger charge is 2.22. The molecular formula is C31H33NO4. The van der Waals surface area contributed by atoms with Gasteiger partial charge in [0, 0.05) is 23.6 Å². The molecule has 1 fully saturated rings. The largest absolute Gasteiger partial charge is 0.481 e. The SMILES string of the molecule is O=C(CC(CCc1ccccc1)C(=O)O)c1ccc(-c2ccc(NC(=O)C3CCCCC3)cc2)cc1. The monoisotopic (exact) mass is 483 g/mol. The van der Waals surface area contributed by atoms with E-state index in [1.54, 1.807) is 12.1 Å². The summed E-state index contributed by atoms with van der Waals surface area (Å²) >= 11 is 0. The van der Waals surface area contributed by atoms with Crippen LogP contribution in [0.15, 0.2) is 78.9 Å². The number of Topliss-reactive ketones (excluding diaryl/α,β-unsaturated/α-hetero) is 1. The second-order valence-corrected chi connectivity index (χ2v) is 9.67. The van der Waals surface area contributed by atoms with E-state index in [-0.39, 0.29) is 24.0 Å². The lowest BCUT2D eigenvalue weighted by Gasteiger charge is -2.20. The molecule has 1 amide bonds. The summed E-state index contributed by atoms with van der Waals surface area (Å²) < 4.78 is 0. The molecule has 5 nitrogen and oxygen atoms in total. The van der Waals surface area contributed by atoms with E-state index < -0.39 is 11.9 Å². The highest BCUT2D eigenvalue weighted by atomic mass is 16.4. The maximum absolute atomic E-state index is 12.8. The first-order valence-corrected chi connectivity index (χ1v) is 12.8. The number of amides is 1. The minimum atomic E-state index is -0.938. The summed E-state index contributed by atoms with van der Waals surface area (Å²) in [7, 11) is 0. The van der Waals surface area contributed by atoms with E-state index >= 15 is 0 Å². The average molecular weight is 484 g/mol. The van der Waals surface area contributed by atoms with E-state index in [0.29, 0.717) is 18.4 Å². The fraction of sp³-hybridized carbons (Fsp3) is 0.323. The maximum atomic E-state index is 12.8. The molecule has 1 saturated carbocycles. The Balaban J connectivity index is 1.33. The number of rotatable bonds is 10. The van der Waals surface area contributed by atoms with Crippen molar-refractivity contribution in [2.24, 2.45) is 11.8 Å². The van der Waals surface area contributed by atoms with Crippen LogP contribution in [0, 0.1) is 11.8 Å². The molecule has 36 heavy (non-hydrogen) atoms. The van der Waals surface area contributed by atoms with Gasteiger partial charge in [0.2, 0.25) is 5.91 Å². The number of carboxylic acids is 1. The van der Waals surface area contributed by atoms with Crippen molar-refractivity contribution >= 4 is 23.3 Å². The van der Waals surface area contributed by atoms with E-state index in [0.717, 1.165) is 48.1 Å². The lowest BCUT2D eigenvalue weighted by Crippen LogP contribution is -2.24. The minimum Gasteiger partial charge on any atom is -0.481 e. The number of nitrogens with one attached hydrogen (secondary N) is 1. The van der Waals surface area contributed by atoms with E-state index in [2.05, 4.69) is 5.32 Å². The predicted octanol–water partition coefficient (Wildman–Crippen LogP) is 6.78. The Morgan fingerprint density at radius 3 is 2.03 bits per heavy atom. The van der Waals surface area contributed by atoms with Gasteiger partial charge in [-0.25, -0.2) is 0 Å². The van der Waals surface area contributed by atoms with Crippen LogP contribution in [0.3, 0.4) is 0 Å². The molecule has 0 bridgehead atoms. The molecule has 0 spiro atoms. The van der Waals surface area contributed by atoms with Crippen molar-refractivity contribution in [3.05, 3.63) is 90.0 Å². The predicted molar refractivity (Wildman–Crippen MR) is 142 cm³/mol. The van der Waals surface area contributed by atoms with Gasteiger partial charge in [-0.05, 0) is 54.5 Å². The van der Waals surface area contributed by atoms with Gasteiger partial charge in [-0.15, -0.1) is 0 Å². The Labute approximate surface area is 212 Å². The Morgan fingerprint density at radius 2 is 1.42 bits per heavy atom. The van der Waals surface area contributed by atoms with Crippen LogP contribution in [0.4, 0.5) is 5.69 Å². The fourth-order valence-corrected chi connectivity index (χ4v) is 4.84. The number of aliphatic carboxylic acids is 1. The number of anilines is 1. The van der Waals surface area contributed by atoms with E-state index in [1.165, 1.54) is 6.42 Å². The molecule has 186 valence electrons. The summed E-state index contributed by atoms with van der Waals surface area (Å²) in [6.07, 6.45) is 6.44. The highest BCUT2D eigenvalue weighted by Crippen LogP contribution is 2.27. The fourth-order valence-electron chi connectivity index (χ4n) is 4.84. The summed E-state index contributed by atoms with van der Waals surface area (Å²) in [5, 5.41) is 12.6. The van der Waals surface area contributed by atoms with Gasteiger partial charge >= 0.3 is 5.97 Å². The summed E-state index contributed by atoms with van der Waals surface area (Å²) in [4.78, 5) is 37.0. The standard InChI is InChI=1S/C31H33NO4/c33-29(21-27(31(35)36)12-11-22-7-3-1-4-8-22)25-15-13-23(14-16-25)24-17-19-28(20-18-24)32-30(34)26-9-5-2-6-10-26/h1,3-4,7-8,13-20,26-27H,2,5-6,9-12,21H2,(H,32,34)(H,35,36). The number of carboxylic acid groups (broad SMARTS) is 1. The number of carbonyl (C=O) groups excluding carboxylic acids is 2. The first kappa shape index (κ1) is 25.4. The number of aryl methyl sites for hydroxylation is 1. The van der Waals surface area contributed by atoms with Crippen molar-refractivity contribution in [3.63, 3.8) is 0 Å². The third-order valence-electron chi connectivity index (χ3n) is 7.07. The Hall–Kier alpha value is -3.73. The molecule has 0 saturated heterocycles. The number of carbonyl (C=O) groups is 3. The second-order valence-electron chi connectivity index (χ2n) is 9.67. The first-order valence-electron chi connectivity index (χ1n) is 12.8. The van der Waals surface area contributed by atoms with Gasteiger partial charge in [0.1, 0.15) is 0 Å². The molecule has 0 aliphatic heterocycles. The molecule has 3 aromatic rings. The quantitative estimate of drug-likeness (QED) is 0.311. The molecule has 1 aliphatic rings. The van der Waals surface area contributed by atoms with Gasteiger partial charge in [-0.3, -0.25) is 14.4 Å². The first-order chi connectivity index (χ1) is 17.5. The van der Waals surface area contributed by atoms with Gasteiger partial charge in [-0.1, -0.05) is 86.0 Å². The normalized spacial score (nSPS) is 14.7. The topological polar surface area (TPSA) is 83.5 Å². The van der Waals surface area contributed by atoms with Crippen LogP contribution in [-0.2, 0) is 16.0 Å². The zero-order chi connectivity index (χ0) is 25.3. The third-order valence-corrected chi connectivity index (χ3v) is 7.07. The Kier molecular flexibility index (Phi) is 8.66. The van der Waals surface area contributed by atoms with Crippen LogP contribution in [0.5, 0.6) is 0 Å².